The Morgan fingerprint density at radius 3 is 2.35 bits per heavy atom. The first-order valence-corrected chi connectivity index (χ1v) is 10.7. The molecule has 1 N–H and O–H groups in total. The molecule has 1 atom stereocenters. The third kappa shape index (κ3) is 5.00. The van der Waals surface area contributed by atoms with Crippen LogP contribution in [0.15, 0.2) is 52.9 Å². The van der Waals surface area contributed by atoms with Crippen LogP contribution in [0.2, 0.25) is 0 Å². The van der Waals surface area contributed by atoms with Crippen molar-refractivity contribution in [2.45, 2.75) is 26.8 Å². The van der Waals surface area contributed by atoms with Crippen LogP contribution < -0.4 is 5.32 Å². The van der Waals surface area contributed by atoms with Crippen LogP contribution in [0.25, 0.3) is 11.5 Å². The summed E-state index contributed by atoms with van der Waals surface area (Å²) in [5, 5.41) is 11.5. The van der Waals surface area contributed by atoms with Crippen LogP contribution in [-0.2, 0) is 4.79 Å². The highest BCUT2D eigenvalue weighted by molar-refractivity contribution is 5.93. The quantitative estimate of drug-likeness (QED) is 0.657. The van der Waals surface area contributed by atoms with E-state index in [4.69, 9.17) is 4.42 Å². The second-order valence-electron chi connectivity index (χ2n) is 8.11. The van der Waals surface area contributed by atoms with Gasteiger partial charge in [-0.15, -0.1) is 10.2 Å². The maximum Gasteiger partial charge on any atom is 0.247 e. The fourth-order valence-corrected chi connectivity index (χ4v) is 3.96. The molecule has 7 heteroatoms. The number of aromatic nitrogens is 2. The summed E-state index contributed by atoms with van der Waals surface area (Å²) in [5.74, 6) is 1.20. The molecule has 1 aliphatic rings. The van der Waals surface area contributed by atoms with Crippen LogP contribution in [-0.4, -0.2) is 58.6 Å². The van der Waals surface area contributed by atoms with Gasteiger partial charge in [-0.2, -0.15) is 0 Å². The van der Waals surface area contributed by atoms with Crippen molar-refractivity contribution in [3.63, 3.8) is 0 Å². The minimum atomic E-state index is 0.0308. The van der Waals surface area contributed by atoms with Gasteiger partial charge in [0.15, 0.2) is 0 Å². The summed E-state index contributed by atoms with van der Waals surface area (Å²) in [5.41, 5.74) is 4.02. The molecule has 4 rings (SSSR count). The number of benzene rings is 2. The lowest BCUT2D eigenvalue weighted by atomic mass is 10.1. The highest BCUT2D eigenvalue weighted by Gasteiger charge is 2.26. The zero-order valence-electron chi connectivity index (χ0n) is 18.3. The largest absolute Gasteiger partial charge is 0.419 e. The summed E-state index contributed by atoms with van der Waals surface area (Å²) in [4.78, 5) is 17.1. The first-order valence-electron chi connectivity index (χ1n) is 10.7. The first-order chi connectivity index (χ1) is 15.0. The number of nitrogens with zero attached hydrogens (tertiary/aromatic N) is 4. The third-order valence-corrected chi connectivity index (χ3v) is 5.89. The summed E-state index contributed by atoms with van der Waals surface area (Å²) in [7, 11) is 0. The van der Waals surface area contributed by atoms with Gasteiger partial charge in [-0.1, -0.05) is 36.4 Å². The number of hydrogen-bond donors (Lipinski definition) is 1. The molecule has 2 heterocycles. The summed E-state index contributed by atoms with van der Waals surface area (Å²) in [6.07, 6.45) is 0. The van der Waals surface area contributed by atoms with Crippen molar-refractivity contribution in [1.29, 1.82) is 0 Å². The van der Waals surface area contributed by atoms with E-state index in [2.05, 4.69) is 32.2 Å². The predicted molar refractivity (Wildman–Crippen MR) is 121 cm³/mol. The SMILES string of the molecule is Cc1cccc(C)c1NC(=O)CN1CCN([C@H](C)c2nnc(-c3ccccc3)o2)CC1. The van der Waals surface area contributed by atoms with Gasteiger partial charge in [0.25, 0.3) is 0 Å². The molecule has 7 nitrogen and oxygen atoms in total. The fourth-order valence-electron chi connectivity index (χ4n) is 3.96. The number of rotatable bonds is 6. The fraction of sp³-hybridized carbons (Fsp3) is 0.375. The van der Waals surface area contributed by atoms with Gasteiger partial charge in [0.2, 0.25) is 17.7 Å². The number of hydrogen-bond acceptors (Lipinski definition) is 6. The molecule has 31 heavy (non-hydrogen) atoms. The summed E-state index contributed by atoms with van der Waals surface area (Å²) in [6.45, 7) is 9.86. The maximum atomic E-state index is 12.6. The van der Waals surface area contributed by atoms with Crippen LogP contribution >= 0.6 is 0 Å². The minimum Gasteiger partial charge on any atom is -0.419 e. The van der Waals surface area contributed by atoms with Crippen molar-refractivity contribution >= 4 is 11.6 Å². The number of carbonyl (C=O) groups excluding carboxylic acids is 1. The lowest BCUT2D eigenvalue weighted by molar-refractivity contribution is -0.117. The zero-order chi connectivity index (χ0) is 21.8. The second kappa shape index (κ2) is 9.41. The number of nitrogens with one attached hydrogen (secondary N) is 1. The smallest absolute Gasteiger partial charge is 0.247 e. The first kappa shape index (κ1) is 21.2. The average Bonchev–Trinajstić information content (AvgIpc) is 3.27. The van der Waals surface area contributed by atoms with E-state index in [1.807, 2.05) is 62.4 Å². The summed E-state index contributed by atoms with van der Waals surface area (Å²) in [6, 6.07) is 15.9. The van der Waals surface area contributed by atoms with Crippen molar-refractivity contribution < 1.29 is 9.21 Å². The Morgan fingerprint density at radius 2 is 1.68 bits per heavy atom. The Balaban J connectivity index is 1.29. The van der Waals surface area contributed by atoms with Crippen molar-refractivity contribution in [3.8, 4) is 11.5 Å². The number of amides is 1. The molecule has 1 amide bonds. The molecule has 0 radical (unpaired) electrons. The summed E-state index contributed by atoms with van der Waals surface area (Å²) < 4.78 is 5.92. The van der Waals surface area contributed by atoms with Crippen LogP contribution in [0.1, 0.15) is 30.0 Å². The Hall–Kier alpha value is -3.03. The van der Waals surface area contributed by atoms with Gasteiger partial charge in [0, 0.05) is 37.4 Å². The van der Waals surface area contributed by atoms with Gasteiger partial charge >= 0.3 is 0 Å². The Labute approximate surface area is 183 Å². The van der Waals surface area contributed by atoms with Gasteiger partial charge in [-0.05, 0) is 44.0 Å². The minimum absolute atomic E-state index is 0.0308. The molecule has 1 aliphatic heterocycles. The van der Waals surface area contributed by atoms with E-state index in [0.717, 1.165) is 48.6 Å². The van der Waals surface area contributed by atoms with Crippen LogP contribution in [0.4, 0.5) is 5.69 Å². The van der Waals surface area contributed by atoms with E-state index in [1.54, 1.807) is 0 Å². The zero-order valence-corrected chi connectivity index (χ0v) is 18.3. The normalized spacial score (nSPS) is 16.2. The molecular formula is C24H29N5O2. The topological polar surface area (TPSA) is 74.5 Å². The number of para-hydroxylation sites is 1. The number of aryl methyl sites for hydroxylation is 2. The van der Waals surface area contributed by atoms with Gasteiger partial charge in [-0.25, -0.2) is 0 Å². The number of anilines is 1. The van der Waals surface area contributed by atoms with E-state index in [9.17, 15) is 4.79 Å². The molecule has 3 aromatic rings. The van der Waals surface area contributed by atoms with E-state index in [0.29, 0.717) is 18.3 Å². The predicted octanol–water partition coefficient (Wildman–Crippen LogP) is 3.67. The molecule has 2 aromatic carbocycles. The Morgan fingerprint density at radius 1 is 1.00 bits per heavy atom. The molecule has 0 spiro atoms. The Bertz CT molecular complexity index is 1010. The Kier molecular flexibility index (Phi) is 6.44. The molecule has 0 bridgehead atoms. The average molecular weight is 420 g/mol. The van der Waals surface area contributed by atoms with Gasteiger partial charge in [-0.3, -0.25) is 14.6 Å². The third-order valence-electron chi connectivity index (χ3n) is 5.89. The number of piperazine rings is 1. The van der Waals surface area contributed by atoms with E-state index in [1.165, 1.54) is 0 Å². The monoisotopic (exact) mass is 419 g/mol. The van der Waals surface area contributed by atoms with Crippen molar-refractivity contribution in [2.24, 2.45) is 0 Å². The van der Waals surface area contributed by atoms with Gasteiger partial charge in [0.1, 0.15) is 0 Å². The highest BCUT2D eigenvalue weighted by Crippen LogP contribution is 2.25. The highest BCUT2D eigenvalue weighted by atomic mass is 16.4. The summed E-state index contributed by atoms with van der Waals surface area (Å²) >= 11 is 0. The van der Waals surface area contributed by atoms with Crippen molar-refractivity contribution in [2.75, 3.05) is 38.0 Å². The lowest BCUT2D eigenvalue weighted by Crippen LogP contribution is -2.49. The molecular weight excluding hydrogens is 390 g/mol. The molecule has 1 fully saturated rings. The van der Waals surface area contributed by atoms with Crippen molar-refractivity contribution in [3.05, 3.63) is 65.5 Å². The van der Waals surface area contributed by atoms with E-state index >= 15 is 0 Å². The van der Waals surface area contributed by atoms with Gasteiger partial charge in [0.05, 0.1) is 12.6 Å². The second-order valence-corrected chi connectivity index (χ2v) is 8.11. The molecule has 162 valence electrons. The molecule has 1 aromatic heterocycles. The van der Waals surface area contributed by atoms with Crippen molar-refractivity contribution in [1.82, 2.24) is 20.0 Å². The molecule has 0 saturated carbocycles. The lowest BCUT2D eigenvalue weighted by Gasteiger charge is -2.36. The molecule has 0 unspecified atom stereocenters. The van der Waals surface area contributed by atoms with E-state index < -0.39 is 0 Å². The standard InChI is InChI=1S/C24H29N5O2/c1-17-8-7-9-18(2)22(17)25-21(30)16-28-12-14-29(15-13-28)19(3)23-26-27-24(31-23)20-10-5-4-6-11-20/h4-11,19H,12-16H2,1-3H3,(H,25,30)/t19-/m1/s1. The van der Waals surface area contributed by atoms with Crippen LogP contribution in [0, 0.1) is 13.8 Å². The molecule has 0 aliphatic carbocycles. The number of carbonyl (C=O) groups is 1. The van der Waals surface area contributed by atoms with Crippen LogP contribution in [0.5, 0.6) is 0 Å². The maximum absolute atomic E-state index is 12.6. The van der Waals surface area contributed by atoms with E-state index in [-0.39, 0.29) is 11.9 Å². The van der Waals surface area contributed by atoms with Gasteiger partial charge < -0.3 is 9.73 Å². The molecule has 1 saturated heterocycles. The van der Waals surface area contributed by atoms with Crippen LogP contribution in [0.3, 0.4) is 0 Å².